The van der Waals surface area contributed by atoms with E-state index in [-0.39, 0.29) is 6.10 Å². The van der Waals surface area contributed by atoms with Gasteiger partial charge in [-0.25, -0.2) is 0 Å². The monoisotopic (exact) mass is 389 g/mol. The lowest BCUT2D eigenvalue weighted by atomic mass is 10.2. The standard InChI is InChI=1S/C17H19N5O2S2/c1-3-12(23-7-1)9-22-15(13-4-2-8-25-13)19-20-17(22)26-10-14-18-16(24-21-14)11-5-6-11/h2,4,8,11-12H,1,3,5-7,9-10H2. The van der Waals surface area contributed by atoms with Crippen LogP contribution in [0.25, 0.3) is 10.7 Å². The Morgan fingerprint density at radius 1 is 1.27 bits per heavy atom. The summed E-state index contributed by atoms with van der Waals surface area (Å²) in [7, 11) is 0. The highest BCUT2D eigenvalue weighted by Gasteiger charge is 2.29. The molecule has 0 N–H and O–H groups in total. The molecule has 0 bridgehead atoms. The summed E-state index contributed by atoms with van der Waals surface area (Å²) in [5, 5.41) is 15.9. The van der Waals surface area contributed by atoms with E-state index >= 15 is 0 Å². The molecule has 1 aliphatic heterocycles. The topological polar surface area (TPSA) is 78.9 Å². The number of nitrogens with zero attached hydrogens (tertiary/aromatic N) is 5. The second-order valence-electron chi connectivity index (χ2n) is 6.64. The molecule has 4 heterocycles. The summed E-state index contributed by atoms with van der Waals surface area (Å²) in [6.07, 6.45) is 4.76. The maximum atomic E-state index is 5.83. The van der Waals surface area contributed by atoms with Crippen LogP contribution in [0.4, 0.5) is 0 Å². The van der Waals surface area contributed by atoms with Gasteiger partial charge in [0.15, 0.2) is 16.8 Å². The molecular weight excluding hydrogens is 370 g/mol. The van der Waals surface area contributed by atoms with Crippen molar-refractivity contribution >= 4 is 23.1 Å². The highest BCUT2D eigenvalue weighted by Crippen LogP contribution is 2.39. The van der Waals surface area contributed by atoms with E-state index in [2.05, 4.69) is 36.4 Å². The summed E-state index contributed by atoms with van der Waals surface area (Å²) >= 11 is 3.28. The fourth-order valence-electron chi connectivity index (χ4n) is 3.09. The molecule has 1 aliphatic carbocycles. The summed E-state index contributed by atoms with van der Waals surface area (Å²) in [5.41, 5.74) is 0. The number of rotatable bonds is 7. The molecule has 7 nitrogen and oxygen atoms in total. The molecule has 1 unspecified atom stereocenters. The quantitative estimate of drug-likeness (QED) is 0.570. The normalized spacial score (nSPS) is 20.1. The van der Waals surface area contributed by atoms with Crippen molar-refractivity contribution in [3.63, 3.8) is 0 Å². The van der Waals surface area contributed by atoms with Gasteiger partial charge in [-0.2, -0.15) is 4.98 Å². The number of thioether (sulfide) groups is 1. The molecule has 1 atom stereocenters. The lowest BCUT2D eigenvalue weighted by molar-refractivity contribution is 0.0953. The Labute approximate surface area is 159 Å². The van der Waals surface area contributed by atoms with E-state index in [1.165, 1.54) is 0 Å². The predicted octanol–water partition coefficient (Wildman–Crippen LogP) is 3.74. The van der Waals surface area contributed by atoms with Gasteiger partial charge in [0.2, 0.25) is 5.89 Å². The third kappa shape index (κ3) is 3.43. The fourth-order valence-corrected chi connectivity index (χ4v) is 4.60. The smallest absolute Gasteiger partial charge is 0.229 e. The van der Waals surface area contributed by atoms with E-state index < -0.39 is 0 Å². The molecule has 0 aromatic carbocycles. The summed E-state index contributed by atoms with van der Waals surface area (Å²) < 4.78 is 13.3. The van der Waals surface area contributed by atoms with E-state index in [0.717, 1.165) is 66.4 Å². The van der Waals surface area contributed by atoms with Crippen LogP contribution in [-0.2, 0) is 17.0 Å². The van der Waals surface area contributed by atoms with Crippen LogP contribution in [0, 0.1) is 0 Å². The van der Waals surface area contributed by atoms with Gasteiger partial charge in [-0.05, 0) is 37.1 Å². The SMILES string of the molecule is c1csc(-c2nnc(SCc3noc(C4CC4)n3)n2CC2CCCO2)c1. The van der Waals surface area contributed by atoms with Crippen molar-refractivity contribution in [1.29, 1.82) is 0 Å². The lowest BCUT2D eigenvalue weighted by Crippen LogP contribution is -2.16. The molecule has 2 fully saturated rings. The molecule has 3 aromatic rings. The van der Waals surface area contributed by atoms with Gasteiger partial charge in [0.1, 0.15) is 0 Å². The van der Waals surface area contributed by atoms with E-state index in [1.807, 2.05) is 6.07 Å². The second-order valence-corrected chi connectivity index (χ2v) is 8.53. The first-order valence-corrected chi connectivity index (χ1v) is 10.8. The van der Waals surface area contributed by atoms with E-state index in [0.29, 0.717) is 11.7 Å². The average molecular weight is 390 g/mol. The van der Waals surface area contributed by atoms with Crippen molar-refractivity contribution in [1.82, 2.24) is 24.9 Å². The van der Waals surface area contributed by atoms with Crippen molar-refractivity contribution in [2.75, 3.05) is 6.61 Å². The van der Waals surface area contributed by atoms with Crippen molar-refractivity contribution in [3.05, 3.63) is 29.2 Å². The number of hydrogen-bond acceptors (Lipinski definition) is 8. The maximum absolute atomic E-state index is 5.83. The molecular formula is C17H19N5O2S2. The van der Waals surface area contributed by atoms with Gasteiger partial charge in [-0.15, -0.1) is 21.5 Å². The van der Waals surface area contributed by atoms with Crippen LogP contribution in [0.5, 0.6) is 0 Å². The number of aromatic nitrogens is 5. The summed E-state index contributed by atoms with van der Waals surface area (Å²) in [5.74, 6) is 3.52. The minimum Gasteiger partial charge on any atom is -0.376 e. The first-order valence-electron chi connectivity index (χ1n) is 8.91. The highest BCUT2D eigenvalue weighted by molar-refractivity contribution is 7.98. The molecule has 3 aromatic heterocycles. The number of ether oxygens (including phenoxy) is 1. The maximum Gasteiger partial charge on any atom is 0.229 e. The minimum atomic E-state index is 0.232. The molecule has 1 saturated carbocycles. The van der Waals surface area contributed by atoms with Crippen LogP contribution in [-0.4, -0.2) is 37.6 Å². The third-order valence-corrected chi connectivity index (χ3v) is 6.44. The Balaban J connectivity index is 1.36. The summed E-state index contributed by atoms with van der Waals surface area (Å²) in [6.45, 7) is 1.62. The molecule has 26 heavy (non-hydrogen) atoms. The first-order chi connectivity index (χ1) is 12.9. The van der Waals surface area contributed by atoms with Crippen molar-refractivity contribution < 1.29 is 9.26 Å². The van der Waals surface area contributed by atoms with E-state index in [1.54, 1.807) is 23.1 Å². The fraction of sp³-hybridized carbons (Fsp3) is 0.529. The molecule has 1 saturated heterocycles. The Morgan fingerprint density at radius 3 is 3.00 bits per heavy atom. The Bertz CT molecular complexity index is 866. The Kier molecular flexibility index (Phi) is 4.51. The molecule has 5 rings (SSSR count). The number of thiophene rings is 1. The predicted molar refractivity (Wildman–Crippen MR) is 98.1 cm³/mol. The van der Waals surface area contributed by atoms with Crippen LogP contribution < -0.4 is 0 Å². The average Bonchev–Trinajstić information content (AvgIpc) is 3.16. The zero-order valence-corrected chi connectivity index (χ0v) is 15.8. The lowest BCUT2D eigenvalue weighted by Gasteiger charge is -2.13. The highest BCUT2D eigenvalue weighted by atomic mass is 32.2. The van der Waals surface area contributed by atoms with Gasteiger partial charge < -0.3 is 9.26 Å². The second kappa shape index (κ2) is 7.13. The molecule has 136 valence electrons. The van der Waals surface area contributed by atoms with Crippen molar-refractivity contribution in [3.8, 4) is 10.7 Å². The van der Waals surface area contributed by atoms with Gasteiger partial charge >= 0.3 is 0 Å². The van der Waals surface area contributed by atoms with Crippen LogP contribution >= 0.6 is 23.1 Å². The molecule has 0 spiro atoms. The summed E-state index contributed by atoms with van der Waals surface area (Å²) in [4.78, 5) is 5.62. The Hall–Kier alpha value is -1.71. The van der Waals surface area contributed by atoms with Crippen molar-refractivity contribution in [2.45, 2.75) is 55.2 Å². The van der Waals surface area contributed by atoms with E-state index in [4.69, 9.17) is 9.26 Å². The van der Waals surface area contributed by atoms with Crippen molar-refractivity contribution in [2.24, 2.45) is 0 Å². The van der Waals surface area contributed by atoms with Crippen LogP contribution in [0.15, 0.2) is 27.2 Å². The Morgan fingerprint density at radius 2 is 2.23 bits per heavy atom. The first kappa shape index (κ1) is 16.5. The molecule has 0 radical (unpaired) electrons. The van der Waals surface area contributed by atoms with Gasteiger partial charge in [-0.3, -0.25) is 4.57 Å². The van der Waals surface area contributed by atoms with Gasteiger partial charge in [0.05, 0.1) is 23.3 Å². The molecule has 2 aliphatic rings. The largest absolute Gasteiger partial charge is 0.376 e. The van der Waals surface area contributed by atoms with E-state index in [9.17, 15) is 0 Å². The third-order valence-electron chi connectivity index (χ3n) is 4.61. The summed E-state index contributed by atoms with van der Waals surface area (Å²) in [6, 6.07) is 4.12. The number of hydrogen-bond donors (Lipinski definition) is 0. The molecule has 9 heteroatoms. The molecule has 0 amide bonds. The zero-order chi connectivity index (χ0) is 17.3. The van der Waals surface area contributed by atoms with Gasteiger partial charge in [0, 0.05) is 12.5 Å². The van der Waals surface area contributed by atoms with Crippen LogP contribution in [0.3, 0.4) is 0 Å². The van der Waals surface area contributed by atoms with Gasteiger partial charge in [-0.1, -0.05) is 23.0 Å². The van der Waals surface area contributed by atoms with Crippen LogP contribution in [0.1, 0.15) is 43.3 Å². The minimum absolute atomic E-state index is 0.232. The van der Waals surface area contributed by atoms with Crippen LogP contribution in [0.2, 0.25) is 0 Å². The zero-order valence-electron chi connectivity index (χ0n) is 14.2. The van der Waals surface area contributed by atoms with Gasteiger partial charge in [0.25, 0.3) is 0 Å².